The molecule has 21 heavy (non-hydrogen) atoms. The van der Waals surface area contributed by atoms with Crippen LogP contribution in [-0.4, -0.2) is 22.7 Å². The molecule has 0 amide bonds. The first kappa shape index (κ1) is 13.2. The first-order valence-electron chi connectivity index (χ1n) is 6.67. The van der Waals surface area contributed by atoms with Crippen molar-refractivity contribution in [2.45, 2.75) is 6.92 Å². The van der Waals surface area contributed by atoms with Crippen LogP contribution in [0.2, 0.25) is 0 Å². The van der Waals surface area contributed by atoms with Gasteiger partial charge in [-0.3, -0.25) is 0 Å². The van der Waals surface area contributed by atoms with Gasteiger partial charge in [0.15, 0.2) is 6.61 Å². The number of carboxylic acids is 1. The number of para-hydroxylation sites is 1. The van der Waals surface area contributed by atoms with E-state index in [-0.39, 0.29) is 6.61 Å². The SMILES string of the molecule is Cc1[nH]c2ccccc2c1-c1ccc(OCC(=O)O)cc1. The standard InChI is InChI=1S/C17H15NO3/c1-11-17(14-4-2-3-5-15(14)18-11)12-6-8-13(9-7-12)21-10-16(19)20/h2-9,18H,10H2,1H3,(H,19,20). The molecule has 3 aromatic rings. The molecule has 0 aliphatic rings. The van der Waals surface area contributed by atoms with Crippen molar-refractivity contribution in [1.82, 2.24) is 4.98 Å². The average Bonchev–Trinajstić information content (AvgIpc) is 2.81. The Labute approximate surface area is 122 Å². The van der Waals surface area contributed by atoms with Crippen LogP contribution in [0.1, 0.15) is 5.69 Å². The summed E-state index contributed by atoms with van der Waals surface area (Å²) < 4.78 is 5.15. The lowest BCUT2D eigenvalue weighted by Gasteiger charge is -2.06. The Kier molecular flexibility index (Phi) is 3.36. The highest BCUT2D eigenvalue weighted by atomic mass is 16.5. The number of fused-ring (bicyclic) bond motifs is 1. The zero-order chi connectivity index (χ0) is 14.8. The maximum Gasteiger partial charge on any atom is 0.341 e. The number of aromatic amines is 1. The number of ether oxygens (including phenoxy) is 1. The van der Waals surface area contributed by atoms with E-state index in [1.165, 1.54) is 5.39 Å². The monoisotopic (exact) mass is 281 g/mol. The van der Waals surface area contributed by atoms with E-state index < -0.39 is 5.97 Å². The summed E-state index contributed by atoms with van der Waals surface area (Å²) in [6.07, 6.45) is 0. The number of rotatable bonds is 4. The lowest BCUT2D eigenvalue weighted by Crippen LogP contribution is -2.09. The van der Waals surface area contributed by atoms with Crippen LogP contribution in [0.4, 0.5) is 0 Å². The predicted octanol–water partition coefficient (Wildman–Crippen LogP) is 3.61. The normalized spacial score (nSPS) is 10.7. The summed E-state index contributed by atoms with van der Waals surface area (Å²) in [5.74, 6) is -0.426. The van der Waals surface area contributed by atoms with Gasteiger partial charge in [0.1, 0.15) is 5.75 Å². The zero-order valence-corrected chi connectivity index (χ0v) is 11.6. The molecule has 0 saturated heterocycles. The van der Waals surface area contributed by atoms with Gasteiger partial charge in [0.05, 0.1) is 0 Å². The molecule has 3 rings (SSSR count). The van der Waals surface area contributed by atoms with Gasteiger partial charge < -0.3 is 14.8 Å². The van der Waals surface area contributed by atoms with Crippen LogP contribution in [0.25, 0.3) is 22.0 Å². The molecule has 0 spiro atoms. The van der Waals surface area contributed by atoms with Crippen molar-refractivity contribution in [3.63, 3.8) is 0 Å². The summed E-state index contributed by atoms with van der Waals surface area (Å²) in [6.45, 7) is 1.72. The second kappa shape index (κ2) is 5.32. The van der Waals surface area contributed by atoms with Gasteiger partial charge in [0.25, 0.3) is 0 Å². The van der Waals surface area contributed by atoms with Crippen LogP contribution in [0, 0.1) is 6.92 Å². The Balaban J connectivity index is 1.96. The summed E-state index contributed by atoms with van der Waals surface area (Å²) in [5, 5.41) is 9.78. The number of hydrogen-bond acceptors (Lipinski definition) is 2. The summed E-state index contributed by atoms with van der Waals surface area (Å²) in [5.41, 5.74) is 4.45. The van der Waals surface area contributed by atoms with Crippen molar-refractivity contribution in [1.29, 1.82) is 0 Å². The number of benzene rings is 2. The van der Waals surface area contributed by atoms with Crippen LogP contribution >= 0.6 is 0 Å². The van der Waals surface area contributed by atoms with Crippen molar-refractivity contribution < 1.29 is 14.6 Å². The number of carboxylic acid groups (broad SMARTS) is 1. The van der Waals surface area contributed by atoms with Gasteiger partial charge in [0, 0.05) is 22.2 Å². The summed E-state index contributed by atoms with van der Waals surface area (Å²) in [7, 11) is 0. The molecular formula is C17H15NO3. The van der Waals surface area contributed by atoms with E-state index in [0.29, 0.717) is 5.75 Å². The van der Waals surface area contributed by atoms with Gasteiger partial charge in [-0.15, -0.1) is 0 Å². The average molecular weight is 281 g/mol. The maximum absolute atomic E-state index is 10.5. The molecule has 0 aliphatic heterocycles. The molecule has 0 radical (unpaired) electrons. The number of H-pyrrole nitrogens is 1. The van der Waals surface area contributed by atoms with Gasteiger partial charge in [-0.2, -0.15) is 0 Å². The van der Waals surface area contributed by atoms with E-state index in [1.807, 2.05) is 31.2 Å². The molecular weight excluding hydrogens is 266 g/mol. The highest BCUT2D eigenvalue weighted by Gasteiger charge is 2.10. The van der Waals surface area contributed by atoms with E-state index in [2.05, 4.69) is 17.1 Å². The number of aliphatic carboxylic acids is 1. The van der Waals surface area contributed by atoms with Crippen LogP contribution in [0.3, 0.4) is 0 Å². The molecule has 0 aliphatic carbocycles. The van der Waals surface area contributed by atoms with Crippen LogP contribution in [0.5, 0.6) is 5.75 Å². The third-order valence-corrected chi connectivity index (χ3v) is 3.40. The fourth-order valence-corrected chi connectivity index (χ4v) is 2.51. The van der Waals surface area contributed by atoms with Gasteiger partial charge in [-0.05, 0) is 30.7 Å². The van der Waals surface area contributed by atoms with Crippen molar-refractivity contribution in [2.75, 3.05) is 6.61 Å². The largest absolute Gasteiger partial charge is 0.482 e. The molecule has 0 atom stereocenters. The Morgan fingerprint density at radius 2 is 1.86 bits per heavy atom. The van der Waals surface area contributed by atoms with Gasteiger partial charge in [0.2, 0.25) is 0 Å². The number of aryl methyl sites for hydroxylation is 1. The van der Waals surface area contributed by atoms with Crippen molar-refractivity contribution in [3.8, 4) is 16.9 Å². The quantitative estimate of drug-likeness (QED) is 0.768. The van der Waals surface area contributed by atoms with E-state index in [4.69, 9.17) is 9.84 Å². The zero-order valence-electron chi connectivity index (χ0n) is 11.6. The Morgan fingerprint density at radius 1 is 1.14 bits per heavy atom. The second-order valence-electron chi connectivity index (χ2n) is 4.88. The van der Waals surface area contributed by atoms with Crippen LogP contribution in [0.15, 0.2) is 48.5 Å². The molecule has 4 heteroatoms. The highest BCUT2D eigenvalue weighted by molar-refractivity contribution is 5.97. The van der Waals surface area contributed by atoms with Crippen LogP contribution < -0.4 is 4.74 Å². The topological polar surface area (TPSA) is 62.3 Å². The molecule has 1 heterocycles. The number of nitrogens with one attached hydrogen (secondary N) is 1. The molecule has 106 valence electrons. The van der Waals surface area contributed by atoms with Gasteiger partial charge in [-0.1, -0.05) is 30.3 Å². The third kappa shape index (κ3) is 2.60. The maximum atomic E-state index is 10.5. The summed E-state index contributed by atoms with van der Waals surface area (Å²) >= 11 is 0. The lowest BCUT2D eigenvalue weighted by molar-refractivity contribution is -0.139. The van der Waals surface area contributed by atoms with Crippen molar-refractivity contribution in [2.24, 2.45) is 0 Å². The fourth-order valence-electron chi connectivity index (χ4n) is 2.51. The molecule has 2 aromatic carbocycles. The molecule has 0 unspecified atom stereocenters. The molecule has 0 fully saturated rings. The molecule has 0 saturated carbocycles. The third-order valence-electron chi connectivity index (χ3n) is 3.40. The molecule has 4 nitrogen and oxygen atoms in total. The summed E-state index contributed by atoms with van der Waals surface area (Å²) in [4.78, 5) is 13.9. The van der Waals surface area contributed by atoms with E-state index in [1.54, 1.807) is 12.1 Å². The Morgan fingerprint density at radius 3 is 2.57 bits per heavy atom. The van der Waals surface area contributed by atoms with E-state index in [9.17, 15) is 4.79 Å². The van der Waals surface area contributed by atoms with Crippen molar-refractivity contribution >= 4 is 16.9 Å². The predicted molar refractivity (Wildman–Crippen MR) is 81.6 cm³/mol. The number of hydrogen-bond donors (Lipinski definition) is 2. The first-order valence-corrected chi connectivity index (χ1v) is 6.67. The minimum absolute atomic E-state index is 0.328. The van der Waals surface area contributed by atoms with Crippen molar-refractivity contribution in [3.05, 3.63) is 54.2 Å². The minimum Gasteiger partial charge on any atom is -0.482 e. The molecule has 1 aromatic heterocycles. The Bertz CT molecular complexity index is 787. The van der Waals surface area contributed by atoms with Gasteiger partial charge >= 0.3 is 5.97 Å². The highest BCUT2D eigenvalue weighted by Crippen LogP contribution is 2.32. The summed E-state index contributed by atoms with van der Waals surface area (Å²) in [6, 6.07) is 15.6. The lowest BCUT2D eigenvalue weighted by atomic mass is 10.0. The molecule has 0 bridgehead atoms. The number of aromatic nitrogens is 1. The number of carbonyl (C=O) groups is 1. The first-order chi connectivity index (χ1) is 10.1. The van der Waals surface area contributed by atoms with E-state index in [0.717, 1.165) is 22.3 Å². The second-order valence-corrected chi connectivity index (χ2v) is 4.88. The fraction of sp³-hybridized carbons (Fsp3) is 0.118. The van der Waals surface area contributed by atoms with E-state index >= 15 is 0 Å². The smallest absolute Gasteiger partial charge is 0.341 e. The minimum atomic E-state index is -0.980. The van der Waals surface area contributed by atoms with Crippen LogP contribution in [-0.2, 0) is 4.79 Å². The Hall–Kier alpha value is -2.75. The molecule has 2 N–H and O–H groups in total. The van der Waals surface area contributed by atoms with Gasteiger partial charge in [-0.25, -0.2) is 4.79 Å².